The SMILES string of the molecule is CCOc1ccc([C@@H]2c3cccn3-c3c(c(C)nn3-c3ccccc3)CN2C(=O)Nc2cc(C)ccc2C)cc1. The van der Waals surface area contributed by atoms with Gasteiger partial charge < -0.3 is 19.5 Å². The number of fused-ring (bicyclic) bond motifs is 3. The molecule has 0 radical (unpaired) electrons. The molecular formula is C33H33N5O2. The Morgan fingerprint density at radius 3 is 2.50 bits per heavy atom. The molecule has 202 valence electrons. The topological polar surface area (TPSA) is 64.3 Å². The van der Waals surface area contributed by atoms with Gasteiger partial charge in [-0.2, -0.15) is 5.10 Å². The number of benzene rings is 3. The molecule has 40 heavy (non-hydrogen) atoms. The summed E-state index contributed by atoms with van der Waals surface area (Å²) in [5.41, 5.74) is 7.77. The van der Waals surface area contributed by atoms with E-state index in [9.17, 15) is 4.79 Å². The minimum Gasteiger partial charge on any atom is -0.494 e. The summed E-state index contributed by atoms with van der Waals surface area (Å²) in [6, 6.07) is 27.9. The van der Waals surface area contributed by atoms with Gasteiger partial charge in [0.05, 0.1) is 36.3 Å². The summed E-state index contributed by atoms with van der Waals surface area (Å²) in [4.78, 5) is 16.1. The Kier molecular flexibility index (Phi) is 6.64. The van der Waals surface area contributed by atoms with Gasteiger partial charge in [-0.05, 0) is 86.8 Å². The number of carbonyl (C=O) groups excluding carboxylic acids is 1. The van der Waals surface area contributed by atoms with E-state index in [4.69, 9.17) is 9.84 Å². The second-order valence-electron chi connectivity index (χ2n) is 10.2. The van der Waals surface area contributed by atoms with Crippen LogP contribution in [0.2, 0.25) is 0 Å². The second-order valence-corrected chi connectivity index (χ2v) is 10.2. The molecule has 1 aliphatic rings. The molecule has 7 nitrogen and oxygen atoms in total. The number of hydrogen-bond donors (Lipinski definition) is 1. The molecule has 7 heteroatoms. The Morgan fingerprint density at radius 2 is 1.75 bits per heavy atom. The summed E-state index contributed by atoms with van der Waals surface area (Å²) in [6.07, 6.45) is 2.06. The lowest BCUT2D eigenvalue weighted by Gasteiger charge is -2.31. The Labute approximate surface area is 234 Å². The summed E-state index contributed by atoms with van der Waals surface area (Å²) in [7, 11) is 0. The van der Waals surface area contributed by atoms with Crippen molar-refractivity contribution >= 4 is 11.7 Å². The standard InChI is InChI=1S/C33H33N5O2/c1-5-40-27-17-15-25(16-18-27)31-30-12-9-19-36(30)32-28(24(4)35-38(32)26-10-7-6-8-11-26)21-37(31)33(39)34-29-20-22(2)13-14-23(29)3/h6-20,31H,5,21H2,1-4H3,(H,34,39)/t31-/m1/s1. The van der Waals surface area contributed by atoms with E-state index >= 15 is 0 Å². The van der Waals surface area contributed by atoms with Crippen molar-refractivity contribution in [2.24, 2.45) is 0 Å². The zero-order valence-corrected chi connectivity index (χ0v) is 23.3. The van der Waals surface area contributed by atoms with E-state index in [0.717, 1.165) is 56.6 Å². The van der Waals surface area contributed by atoms with E-state index in [0.29, 0.717) is 13.2 Å². The lowest BCUT2D eigenvalue weighted by atomic mass is 10.0. The lowest BCUT2D eigenvalue weighted by Crippen LogP contribution is -2.38. The molecule has 0 spiro atoms. The van der Waals surface area contributed by atoms with E-state index in [1.807, 2.05) is 85.8 Å². The summed E-state index contributed by atoms with van der Waals surface area (Å²) in [5.74, 6) is 1.75. The van der Waals surface area contributed by atoms with Crippen LogP contribution in [0.3, 0.4) is 0 Å². The Hall–Kier alpha value is -4.78. The maximum atomic E-state index is 14.2. The van der Waals surface area contributed by atoms with Crippen molar-refractivity contribution in [3.05, 3.63) is 125 Å². The van der Waals surface area contributed by atoms with Crippen molar-refractivity contribution in [1.29, 1.82) is 0 Å². The van der Waals surface area contributed by atoms with Gasteiger partial charge in [-0.3, -0.25) is 0 Å². The molecule has 2 aromatic heterocycles. The quantitative estimate of drug-likeness (QED) is 0.263. The first kappa shape index (κ1) is 25.5. The smallest absolute Gasteiger partial charge is 0.322 e. The van der Waals surface area contributed by atoms with Crippen molar-refractivity contribution in [3.63, 3.8) is 0 Å². The van der Waals surface area contributed by atoms with Gasteiger partial charge in [-0.1, -0.05) is 42.5 Å². The third-order valence-electron chi connectivity index (χ3n) is 7.49. The van der Waals surface area contributed by atoms with Crippen LogP contribution >= 0.6 is 0 Å². The van der Waals surface area contributed by atoms with Crippen LogP contribution in [0.15, 0.2) is 91.1 Å². The normalized spacial score (nSPS) is 14.3. The fraction of sp³-hybridized carbons (Fsp3) is 0.212. The predicted molar refractivity (Wildman–Crippen MR) is 158 cm³/mol. The van der Waals surface area contributed by atoms with Crippen LogP contribution in [-0.2, 0) is 6.54 Å². The Balaban J connectivity index is 1.52. The summed E-state index contributed by atoms with van der Waals surface area (Å²) in [6.45, 7) is 9.02. The van der Waals surface area contributed by atoms with Crippen LogP contribution < -0.4 is 10.1 Å². The number of anilines is 1. The van der Waals surface area contributed by atoms with Gasteiger partial charge in [0, 0.05) is 17.4 Å². The molecule has 0 saturated carbocycles. The van der Waals surface area contributed by atoms with Crippen LogP contribution in [0.1, 0.15) is 46.6 Å². The number of urea groups is 1. The van der Waals surface area contributed by atoms with Crippen LogP contribution in [0.25, 0.3) is 11.5 Å². The number of ether oxygens (including phenoxy) is 1. The average Bonchev–Trinajstić information content (AvgIpc) is 3.52. The highest BCUT2D eigenvalue weighted by atomic mass is 16.5. The van der Waals surface area contributed by atoms with Crippen LogP contribution in [0.4, 0.5) is 10.5 Å². The van der Waals surface area contributed by atoms with E-state index in [1.54, 1.807) is 0 Å². The van der Waals surface area contributed by atoms with Gasteiger partial charge >= 0.3 is 6.03 Å². The Bertz CT molecular complexity index is 1670. The molecule has 0 fully saturated rings. The molecule has 0 saturated heterocycles. The number of aryl methyl sites for hydroxylation is 3. The molecule has 5 aromatic rings. The number of amides is 2. The molecule has 6 rings (SSSR count). The lowest BCUT2D eigenvalue weighted by molar-refractivity contribution is 0.194. The van der Waals surface area contributed by atoms with Gasteiger partial charge in [-0.25, -0.2) is 9.48 Å². The van der Waals surface area contributed by atoms with Gasteiger partial charge in [-0.15, -0.1) is 0 Å². The van der Waals surface area contributed by atoms with Crippen molar-refractivity contribution in [2.45, 2.75) is 40.3 Å². The minimum absolute atomic E-state index is 0.167. The minimum atomic E-state index is -0.341. The van der Waals surface area contributed by atoms with Crippen LogP contribution in [0.5, 0.6) is 5.75 Å². The number of para-hydroxylation sites is 1. The zero-order chi connectivity index (χ0) is 27.8. The second kappa shape index (κ2) is 10.4. The summed E-state index contributed by atoms with van der Waals surface area (Å²) >= 11 is 0. The fourth-order valence-corrected chi connectivity index (χ4v) is 5.47. The molecule has 0 bridgehead atoms. The Morgan fingerprint density at radius 1 is 0.975 bits per heavy atom. The van der Waals surface area contributed by atoms with Crippen molar-refractivity contribution in [1.82, 2.24) is 19.2 Å². The third-order valence-corrected chi connectivity index (χ3v) is 7.49. The van der Waals surface area contributed by atoms with Crippen molar-refractivity contribution in [3.8, 4) is 17.3 Å². The summed E-state index contributed by atoms with van der Waals surface area (Å²) < 4.78 is 9.87. The molecule has 3 aromatic carbocycles. The molecule has 1 atom stereocenters. The molecule has 3 heterocycles. The zero-order valence-electron chi connectivity index (χ0n) is 23.3. The summed E-state index contributed by atoms with van der Waals surface area (Å²) in [5, 5.41) is 8.15. The maximum Gasteiger partial charge on any atom is 0.322 e. The van der Waals surface area contributed by atoms with Crippen LogP contribution in [-0.4, -0.2) is 31.9 Å². The predicted octanol–water partition coefficient (Wildman–Crippen LogP) is 7.12. The number of nitrogens with zero attached hydrogens (tertiary/aromatic N) is 4. The van der Waals surface area contributed by atoms with Gasteiger partial charge in [0.25, 0.3) is 0 Å². The average molecular weight is 532 g/mol. The first-order valence-electron chi connectivity index (χ1n) is 13.6. The molecule has 1 N–H and O–H groups in total. The number of aromatic nitrogens is 3. The van der Waals surface area contributed by atoms with E-state index < -0.39 is 0 Å². The highest BCUT2D eigenvalue weighted by Crippen LogP contribution is 2.39. The number of rotatable bonds is 5. The number of hydrogen-bond acceptors (Lipinski definition) is 3. The van der Waals surface area contributed by atoms with Crippen molar-refractivity contribution in [2.75, 3.05) is 11.9 Å². The van der Waals surface area contributed by atoms with Gasteiger partial charge in [0.2, 0.25) is 0 Å². The highest BCUT2D eigenvalue weighted by molar-refractivity contribution is 5.91. The monoisotopic (exact) mass is 531 g/mol. The molecular weight excluding hydrogens is 498 g/mol. The van der Waals surface area contributed by atoms with E-state index in [1.165, 1.54) is 0 Å². The number of carbonyl (C=O) groups is 1. The van der Waals surface area contributed by atoms with E-state index in [2.05, 4.69) is 52.5 Å². The maximum absolute atomic E-state index is 14.2. The third kappa shape index (κ3) is 4.53. The van der Waals surface area contributed by atoms with E-state index in [-0.39, 0.29) is 12.1 Å². The first-order chi connectivity index (χ1) is 19.4. The van der Waals surface area contributed by atoms with Crippen LogP contribution in [0, 0.1) is 20.8 Å². The van der Waals surface area contributed by atoms with Crippen molar-refractivity contribution < 1.29 is 9.53 Å². The largest absolute Gasteiger partial charge is 0.494 e. The first-order valence-corrected chi connectivity index (χ1v) is 13.6. The molecule has 2 amide bonds. The number of nitrogens with one attached hydrogen (secondary N) is 1. The highest BCUT2D eigenvalue weighted by Gasteiger charge is 2.36. The van der Waals surface area contributed by atoms with Gasteiger partial charge in [0.1, 0.15) is 11.6 Å². The molecule has 0 aliphatic carbocycles. The van der Waals surface area contributed by atoms with Gasteiger partial charge in [0.15, 0.2) is 0 Å². The molecule has 0 unspecified atom stereocenters. The fourth-order valence-electron chi connectivity index (χ4n) is 5.47. The molecule has 1 aliphatic heterocycles.